The van der Waals surface area contributed by atoms with Gasteiger partial charge in [0.25, 0.3) is 5.95 Å². The van der Waals surface area contributed by atoms with Gasteiger partial charge in [-0.3, -0.25) is 0 Å². The van der Waals surface area contributed by atoms with Crippen LogP contribution in [0.1, 0.15) is 33.1 Å². The first-order valence-electron chi connectivity index (χ1n) is 7.13. The first-order chi connectivity index (χ1) is 10.1. The highest BCUT2D eigenvalue weighted by Crippen LogP contribution is 2.30. The highest BCUT2D eigenvalue weighted by molar-refractivity contribution is 5.24. The molecule has 0 aromatic carbocycles. The van der Waals surface area contributed by atoms with Crippen LogP contribution < -0.4 is 10.5 Å². The number of nitrogens with zero attached hydrogens (tertiary/aromatic N) is 6. The van der Waals surface area contributed by atoms with E-state index in [0.717, 1.165) is 12.8 Å². The molecule has 21 heavy (non-hydrogen) atoms. The summed E-state index contributed by atoms with van der Waals surface area (Å²) in [5.74, 6) is 1.72. The monoisotopic (exact) mass is 289 g/mol. The second-order valence-corrected chi connectivity index (χ2v) is 5.77. The third-order valence-electron chi connectivity index (χ3n) is 3.65. The minimum atomic E-state index is 0.113. The molecule has 2 aromatic heterocycles. The van der Waals surface area contributed by atoms with Gasteiger partial charge in [-0.25, -0.2) is 4.98 Å². The van der Waals surface area contributed by atoms with Gasteiger partial charge in [0.15, 0.2) is 0 Å². The van der Waals surface area contributed by atoms with E-state index in [1.54, 1.807) is 0 Å². The normalized spacial score (nSPS) is 25.7. The van der Waals surface area contributed by atoms with E-state index in [0.29, 0.717) is 17.8 Å². The van der Waals surface area contributed by atoms with E-state index in [1.165, 1.54) is 23.8 Å². The van der Waals surface area contributed by atoms with Crippen LogP contribution in [0.15, 0.2) is 12.7 Å². The maximum atomic E-state index is 5.91. The predicted octanol–water partition coefficient (Wildman–Crippen LogP) is 1.24. The molecule has 0 amide bonds. The second kappa shape index (κ2) is 5.63. The van der Waals surface area contributed by atoms with Gasteiger partial charge in [0.05, 0.1) is 0 Å². The topological polar surface area (TPSA) is 105 Å². The Balaban J connectivity index is 1.79. The fourth-order valence-corrected chi connectivity index (χ4v) is 2.95. The van der Waals surface area contributed by atoms with Crippen LogP contribution in [0.3, 0.4) is 0 Å². The summed E-state index contributed by atoms with van der Waals surface area (Å²) in [6.45, 7) is 4.49. The maximum absolute atomic E-state index is 5.91. The molecule has 3 rings (SSSR count). The molecule has 1 aliphatic carbocycles. The number of anilines is 1. The Morgan fingerprint density at radius 1 is 1.14 bits per heavy atom. The van der Waals surface area contributed by atoms with Crippen molar-refractivity contribution in [1.82, 2.24) is 29.7 Å². The number of nitrogens with two attached hydrogens (primary N) is 1. The molecule has 0 aliphatic heterocycles. The molecule has 112 valence electrons. The van der Waals surface area contributed by atoms with Gasteiger partial charge in [-0.1, -0.05) is 13.8 Å². The van der Waals surface area contributed by atoms with Crippen LogP contribution in [-0.4, -0.2) is 35.8 Å². The molecule has 8 heteroatoms. The van der Waals surface area contributed by atoms with Gasteiger partial charge in [0.1, 0.15) is 18.8 Å². The molecule has 0 spiro atoms. The van der Waals surface area contributed by atoms with Crippen LogP contribution in [0.2, 0.25) is 0 Å². The zero-order valence-electron chi connectivity index (χ0n) is 12.2. The van der Waals surface area contributed by atoms with E-state index in [4.69, 9.17) is 10.5 Å². The molecule has 2 heterocycles. The lowest BCUT2D eigenvalue weighted by Gasteiger charge is -2.30. The summed E-state index contributed by atoms with van der Waals surface area (Å²) in [6, 6.07) is 0.249. The highest BCUT2D eigenvalue weighted by atomic mass is 16.5. The van der Waals surface area contributed by atoms with E-state index in [2.05, 4.69) is 38.9 Å². The van der Waals surface area contributed by atoms with E-state index in [-0.39, 0.29) is 18.1 Å². The average Bonchev–Trinajstić information content (AvgIpc) is 2.90. The molecular weight excluding hydrogens is 270 g/mol. The number of hydrogen-bond acceptors (Lipinski definition) is 7. The smallest absolute Gasteiger partial charge is 0.323 e. The fourth-order valence-electron chi connectivity index (χ4n) is 2.95. The third kappa shape index (κ3) is 3.26. The fraction of sp³-hybridized carbons (Fsp3) is 0.615. The van der Waals surface area contributed by atoms with Crippen molar-refractivity contribution < 1.29 is 4.74 Å². The second-order valence-electron chi connectivity index (χ2n) is 5.77. The molecule has 8 nitrogen and oxygen atoms in total. The molecule has 1 fully saturated rings. The molecule has 2 N–H and O–H groups in total. The van der Waals surface area contributed by atoms with Crippen LogP contribution in [-0.2, 0) is 0 Å². The predicted molar refractivity (Wildman–Crippen MR) is 75.8 cm³/mol. The van der Waals surface area contributed by atoms with Crippen molar-refractivity contribution in [3.63, 3.8) is 0 Å². The zero-order chi connectivity index (χ0) is 14.8. The summed E-state index contributed by atoms with van der Waals surface area (Å²) in [5, 5.41) is 3.98. The molecule has 2 aromatic rings. The number of ether oxygens (including phenoxy) is 1. The Kier molecular flexibility index (Phi) is 3.68. The van der Waals surface area contributed by atoms with E-state index in [9.17, 15) is 0 Å². The van der Waals surface area contributed by atoms with E-state index in [1.807, 2.05) is 0 Å². The summed E-state index contributed by atoms with van der Waals surface area (Å²) in [4.78, 5) is 16.2. The Hall–Kier alpha value is -2.25. The molecule has 1 saturated carbocycles. The van der Waals surface area contributed by atoms with Crippen molar-refractivity contribution in [3.05, 3.63) is 12.7 Å². The molecule has 0 bridgehead atoms. The summed E-state index contributed by atoms with van der Waals surface area (Å²) >= 11 is 0. The van der Waals surface area contributed by atoms with E-state index >= 15 is 0 Å². The quantitative estimate of drug-likeness (QED) is 0.906. The number of hydrogen-bond donors (Lipinski definition) is 1. The summed E-state index contributed by atoms with van der Waals surface area (Å²) in [5.41, 5.74) is 5.72. The van der Waals surface area contributed by atoms with Crippen LogP contribution >= 0.6 is 0 Å². The van der Waals surface area contributed by atoms with Crippen molar-refractivity contribution >= 4 is 5.95 Å². The van der Waals surface area contributed by atoms with Gasteiger partial charge in [0.2, 0.25) is 5.95 Å². The molecule has 0 saturated heterocycles. The van der Waals surface area contributed by atoms with Gasteiger partial charge in [-0.2, -0.15) is 24.7 Å². The average molecular weight is 289 g/mol. The molecular formula is C13H19N7O. The van der Waals surface area contributed by atoms with Crippen molar-refractivity contribution in [3.8, 4) is 12.0 Å². The number of rotatable bonds is 3. The molecule has 2 atom stereocenters. The van der Waals surface area contributed by atoms with Gasteiger partial charge in [0, 0.05) is 0 Å². The van der Waals surface area contributed by atoms with E-state index < -0.39 is 0 Å². The van der Waals surface area contributed by atoms with Crippen molar-refractivity contribution in [2.45, 2.75) is 39.2 Å². The molecule has 1 aliphatic rings. The Labute approximate surface area is 122 Å². The molecule has 0 radical (unpaired) electrons. The zero-order valence-corrected chi connectivity index (χ0v) is 12.2. The standard InChI is InChI=1S/C13H19N7O/c1-8-3-9(2)5-10(4-8)21-13-18-11(14)17-12(19-13)20-7-15-6-16-20/h6-10H,3-5H2,1-2H3,(H2,14,17,18,19). The lowest BCUT2D eigenvalue weighted by atomic mass is 9.82. The van der Waals surface area contributed by atoms with Gasteiger partial charge in [-0.05, 0) is 31.1 Å². The van der Waals surface area contributed by atoms with Crippen LogP contribution in [0.25, 0.3) is 5.95 Å². The van der Waals surface area contributed by atoms with Gasteiger partial charge < -0.3 is 10.5 Å². The SMILES string of the molecule is CC1CC(C)CC(Oc2nc(N)nc(-n3cncn3)n2)C1. The Bertz CT molecular complexity index is 591. The van der Waals surface area contributed by atoms with Gasteiger partial charge >= 0.3 is 6.01 Å². The first-order valence-corrected chi connectivity index (χ1v) is 7.13. The lowest BCUT2D eigenvalue weighted by molar-refractivity contribution is 0.0919. The highest BCUT2D eigenvalue weighted by Gasteiger charge is 2.26. The van der Waals surface area contributed by atoms with Crippen molar-refractivity contribution in [1.29, 1.82) is 0 Å². The maximum Gasteiger partial charge on any atom is 0.323 e. The summed E-state index contributed by atoms with van der Waals surface area (Å²) in [7, 11) is 0. The Morgan fingerprint density at radius 3 is 2.57 bits per heavy atom. The minimum absolute atomic E-state index is 0.113. The Morgan fingerprint density at radius 2 is 1.90 bits per heavy atom. The van der Waals surface area contributed by atoms with Crippen LogP contribution in [0.4, 0.5) is 5.95 Å². The van der Waals surface area contributed by atoms with Gasteiger partial charge in [-0.15, -0.1) is 0 Å². The number of aromatic nitrogens is 6. The largest absolute Gasteiger partial charge is 0.460 e. The minimum Gasteiger partial charge on any atom is -0.460 e. The summed E-state index contributed by atoms with van der Waals surface area (Å²) < 4.78 is 7.34. The van der Waals surface area contributed by atoms with Crippen molar-refractivity contribution in [2.75, 3.05) is 5.73 Å². The first kappa shape index (κ1) is 13.7. The van der Waals surface area contributed by atoms with Crippen LogP contribution in [0.5, 0.6) is 6.01 Å². The van der Waals surface area contributed by atoms with Crippen LogP contribution in [0, 0.1) is 11.8 Å². The molecule has 2 unspecified atom stereocenters. The lowest BCUT2D eigenvalue weighted by Crippen LogP contribution is -2.29. The number of nitrogen functional groups attached to an aromatic ring is 1. The third-order valence-corrected chi connectivity index (χ3v) is 3.65. The summed E-state index contributed by atoms with van der Waals surface area (Å²) in [6.07, 6.45) is 6.29. The van der Waals surface area contributed by atoms with Crippen molar-refractivity contribution in [2.24, 2.45) is 11.8 Å².